The summed E-state index contributed by atoms with van der Waals surface area (Å²) in [6.45, 7) is 6.61. The lowest BCUT2D eigenvalue weighted by molar-refractivity contribution is -0.133. The first kappa shape index (κ1) is 24.9. The molecule has 0 spiro atoms. The number of hydrogen-bond donors (Lipinski definition) is 0. The van der Waals surface area contributed by atoms with Gasteiger partial charge in [-0.2, -0.15) is 0 Å². The van der Waals surface area contributed by atoms with E-state index in [9.17, 15) is 9.59 Å². The van der Waals surface area contributed by atoms with Gasteiger partial charge in [0.25, 0.3) is 5.56 Å². The van der Waals surface area contributed by atoms with Crippen LogP contribution in [0.4, 0.5) is 0 Å². The van der Waals surface area contributed by atoms with E-state index in [0.29, 0.717) is 46.2 Å². The molecule has 0 saturated heterocycles. The molecule has 6 nitrogen and oxygen atoms in total. The summed E-state index contributed by atoms with van der Waals surface area (Å²) in [4.78, 5) is 34.9. The lowest BCUT2D eigenvalue weighted by Gasteiger charge is -2.32. The number of ether oxygens (including phenoxy) is 1. The number of hydrogen-bond acceptors (Lipinski definition) is 5. The van der Waals surface area contributed by atoms with Crippen LogP contribution in [0.15, 0.2) is 64.8 Å². The number of carbonyl (C=O) groups is 1. The molecular weight excluding hydrogens is 482 g/mol. The van der Waals surface area contributed by atoms with E-state index in [0.717, 1.165) is 4.88 Å². The smallest absolute Gasteiger partial charge is 0.266 e. The van der Waals surface area contributed by atoms with Crippen LogP contribution in [-0.2, 0) is 11.2 Å². The van der Waals surface area contributed by atoms with Crippen molar-refractivity contribution in [3.8, 4) is 11.4 Å². The van der Waals surface area contributed by atoms with E-state index in [-0.39, 0.29) is 17.4 Å². The minimum absolute atomic E-state index is 0.00429. The van der Waals surface area contributed by atoms with Crippen molar-refractivity contribution >= 4 is 39.7 Å². The second-order valence-electron chi connectivity index (χ2n) is 8.84. The van der Waals surface area contributed by atoms with E-state index in [1.807, 2.05) is 41.5 Å². The number of amides is 1. The number of carbonyl (C=O) groups excluding carboxylic acids is 1. The van der Waals surface area contributed by atoms with Gasteiger partial charge in [-0.15, -0.1) is 11.3 Å². The SMILES string of the molecule is COc1ccc(-n2c(C(C)N(CC(C)C)C(=O)Cc3cccs3)nc3cc(Cl)ccc3c2=O)cc1. The van der Waals surface area contributed by atoms with Gasteiger partial charge in [-0.1, -0.05) is 31.5 Å². The highest BCUT2D eigenvalue weighted by atomic mass is 35.5. The molecule has 0 fully saturated rings. The summed E-state index contributed by atoms with van der Waals surface area (Å²) in [6.07, 6.45) is 0.306. The Labute approximate surface area is 213 Å². The molecule has 182 valence electrons. The largest absolute Gasteiger partial charge is 0.497 e. The number of aromatic nitrogens is 2. The number of thiophene rings is 1. The minimum Gasteiger partial charge on any atom is -0.497 e. The Kier molecular flexibility index (Phi) is 7.57. The number of methoxy groups -OCH3 is 1. The van der Waals surface area contributed by atoms with Crippen LogP contribution in [0.5, 0.6) is 5.75 Å². The summed E-state index contributed by atoms with van der Waals surface area (Å²) in [5, 5.41) is 2.92. The van der Waals surface area contributed by atoms with Gasteiger partial charge >= 0.3 is 0 Å². The molecule has 1 atom stereocenters. The lowest BCUT2D eigenvalue weighted by Crippen LogP contribution is -2.40. The first-order chi connectivity index (χ1) is 16.8. The first-order valence-electron chi connectivity index (χ1n) is 11.5. The van der Waals surface area contributed by atoms with E-state index in [1.54, 1.807) is 53.3 Å². The van der Waals surface area contributed by atoms with Crippen LogP contribution in [0.1, 0.15) is 37.5 Å². The third kappa shape index (κ3) is 5.41. The molecule has 35 heavy (non-hydrogen) atoms. The van der Waals surface area contributed by atoms with E-state index >= 15 is 0 Å². The summed E-state index contributed by atoms with van der Waals surface area (Å²) in [5.74, 6) is 1.40. The zero-order valence-electron chi connectivity index (χ0n) is 20.2. The summed E-state index contributed by atoms with van der Waals surface area (Å²) >= 11 is 7.79. The Balaban J connectivity index is 1.88. The molecule has 4 rings (SSSR count). The van der Waals surface area contributed by atoms with Crippen molar-refractivity contribution in [2.75, 3.05) is 13.7 Å². The summed E-state index contributed by atoms with van der Waals surface area (Å²) in [6, 6.07) is 15.8. The molecule has 0 bridgehead atoms. The predicted molar refractivity (Wildman–Crippen MR) is 142 cm³/mol. The van der Waals surface area contributed by atoms with Crippen LogP contribution in [0, 0.1) is 5.92 Å². The Morgan fingerprint density at radius 2 is 1.89 bits per heavy atom. The highest BCUT2D eigenvalue weighted by molar-refractivity contribution is 7.10. The average molecular weight is 510 g/mol. The fourth-order valence-electron chi connectivity index (χ4n) is 4.11. The molecule has 0 aliphatic heterocycles. The van der Waals surface area contributed by atoms with Crippen LogP contribution < -0.4 is 10.3 Å². The van der Waals surface area contributed by atoms with Gasteiger partial charge in [-0.25, -0.2) is 4.98 Å². The monoisotopic (exact) mass is 509 g/mol. The van der Waals surface area contributed by atoms with Crippen molar-refractivity contribution in [2.24, 2.45) is 5.92 Å². The normalized spacial score (nSPS) is 12.2. The van der Waals surface area contributed by atoms with E-state index in [2.05, 4.69) is 13.8 Å². The van der Waals surface area contributed by atoms with Gasteiger partial charge in [0.2, 0.25) is 5.91 Å². The minimum atomic E-state index is -0.456. The lowest BCUT2D eigenvalue weighted by atomic mass is 10.1. The van der Waals surface area contributed by atoms with E-state index in [1.165, 1.54) is 0 Å². The maximum Gasteiger partial charge on any atom is 0.266 e. The second kappa shape index (κ2) is 10.6. The van der Waals surface area contributed by atoms with Gasteiger partial charge in [0.1, 0.15) is 11.6 Å². The van der Waals surface area contributed by atoms with Crippen LogP contribution in [-0.4, -0.2) is 34.0 Å². The molecule has 0 aliphatic carbocycles. The summed E-state index contributed by atoms with van der Waals surface area (Å²) in [7, 11) is 1.60. The van der Waals surface area contributed by atoms with Crippen molar-refractivity contribution in [1.29, 1.82) is 0 Å². The highest BCUT2D eigenvalue weighted by Crippen LogP contribution is 2.27. The topological polar surface area (TPSA) is 64.4 Å². The number of nitrogens with zero attached hydrogens (tertiary/aromatic N) is 3. The fourth-order valence-corrected chi connectivity index (χ4v) is 4.97. The van der Waals surface area contributed by atoms with Gasteiger partial charge < -0.3 is 9.64 Å². The van der Waals surface area contributed by atoms with Crippen LogP contribution >= 0.6 is 22.9 Å². The highest BCUT2D eigenvalue weighted by Gasteiger charge is 2.27. The van der Waals surface area contributed by atoms with Crippen LogP contribution in [0.25, 0.3) is 16.6 Å². The number of rotatable bonds is 8. The summed E-state index contributed by atoms with van der Waals surface area (Å²) < 4.78 is 6.88. The first-order valence-corrected chi connectivity index (χ1v) is 12.7. The molecule has 2 aromatic carbocycles. The quantitative estimate of drug-likeness (QED) is 0.297. The second-order valence-corrected chi connectivity index (χ2v) is 10.3. The molecule has 2 heterocycles. The summed E-state index contributed by atoms with van der Waals surface area (Å²) in [5.41, 5.74) is 0.940. The van der Waals surface area contributed by atoms with Crippen LogP contribution in [0.3, 0.4) is 0 Å². The Bertz CT molecular complexity index is 1380. The predicted octanol–water partition coefficient (Wildman–Crippen LogP) is 5.90. The molecule has 2 aromatic heterocycles. The van der Waals surface area contributed by atoms with E-state index in [4.69, 9.17) is 21.3 Å². The number of halogens is 1. The van der Waals surface area contributed by atoms with E-state index < -0.39 is 6.04 Å². The van der Waals surface area contributed by atoms with Gasteiger partial charge in [-0.05, 0) is 66.8 Å². The maximum atomic E-state index is 13.7. The van der Waals surface area contributed by atoms with Crippen molar-refractivity contribution in [2.45, 2.75) is 33.2 Å². The average Bonchev–Trinajstić information content (AvgIpc) is 3.34. The molecule has 1 unspecified atom stereocenters. The van der Waals surface area contributed by atoms with Gasteiger partial charge in [0.05, 0.1) is 36.2 Å². The molecule has 1 amide bonds. The van der Waals surface area contributed by atoms with Crippen molar-refractivity contribution in [3.05, 3.63) is 86.1 Å². The molecular formula is C27H28ClN3O3S. The van der Waals surface area contributed by atoms with Crippen LogP contribution in [0.2, 0.25) is 5.02 Å². The zero-order chi connectivity index (χ0) is 25.1. The fraction of sp³-hybridized carbons (Fsp3) is 0.296. The Hall–Kier alpha value is -3.16. The Morgan fingerprint density at radius 1 is 1.14 bits per heavy atom. The van der Waals surface area contributed by atoms with Crippen molar-refractivity contribution in [3.63, 3.8) is 0 Å². The molecule has 0 saturated carbocycles. The van der Waals surface area contributed by atoms with Crippen molar-refractivity contribution < 1.29 is 9.53 Å². The zero-order valence-corrected chi connectivity index (χ0v) is 21.8. The van der Waals surface area contributed by atoms with Gasteiger partial charge in [0.15, 0.2) is 0 Å². The van der Waals surface area contributed by atoms with Gasteiger partial charge in [-0.3, -0.25) is 14.2 Å². The maximum absolute atomic E-state index is 13.7. The number of benzene rings is 2. The van der Waals surface area contributed by atoms with Crippen molar-refractivity contribution in [1.82, 2.24) is 14.5 Å². The standard InChI is InChI=1S/C27H28ClN3O3S/c1-17(2)16-30(25(32)15-22-6-5-13-35-22)18(3)26-29-24-14-19(28)7-12-23(24)27(33)31(26)20-8-10-21(34-4)11-9-20/h5-14,17-18H,15-16H2,1-4H3. The third-order valence-electron chi connectivity index (χ3n) is 5.82. The molecule has 0 aliphatic rings. The molecule has 0 N–H and O–H groups in total. The number of fused-ring (bicyclic) bond motifs is 1. The molecule has 0 radical (unpaired) electrons. The molecule has 4 aromatic rings. The Morgan fingerprint density at radius 3 is 2.51 bits per heavy atom. The third-order valence-corrected chi connectivity index (χ3v) is 6.93. The molecule has 8 heteroatoms. The van der Waals surface area contributed by atoms with Gasteiger partial charge in [0, 0.05) is 16.4 Å².